The van der Waals surface area contributed by atoms with Crippen molar-refractivity contribution in [2.75, 3.05) is 5.32 Å². The zero-order valence-corrected chi connectivity index (χ0v) is 15.9. The molecule has 29 heavy (non-hydrogen) atoms. The second kappa shape index (κ2) is 8.39. The van der Waals surface area contributed by atoms with Crippen LogP contribution < -0.4 is 10.1 Å². The van der Waals surface area contributed by atoms with Crippen LogP contribution in [0.25, 0.3) is 11.4 Å². The molecule has 3 aromatic carbocycles. The molecule has 4 aromatic rings. The Balaban J connectivity index is 1.52. The van der Waals surface area contributed by atoms with E-state index in [4.69, 9.17) is 4.74 Å². The Labute approximate surface area is 168 Å². The molecular weight excluding hydrogens is 364 g/mol. The second-order valence-electron chi connectivity index (χ2n) is 6.47. The van der Waals surface area contributed by atoms with Crippen LogP contribution in [0, 0.1) is 6.92 Å². The van der Waals surface area contributed by atoms with Crippen molar-refractivity contribution in [3.8, 4) is 22.9 Å². The molecule has 0 unspecified atom stereocenters. The van der Waals surface area contributed by atoms with Gasteiger partial charge in [-0.3, -0.25) is 4.79 Å². The zero-order chi connectivity index (χ0) is 20.1. The van der Waals surface area contributed by atoms with Crippen LogP contribution in [0.15, 0.2) is 84.9 Å². The molecule has 1 N–H and O–H groups in total. The Morgan fingerprint density at radius 1 is 0.931 bits per heavy atom. The van der Waals surface area contributed by atoms with E-state index in [1.54, 1.807) is 10.7 Å². The highest BCUT2D eigenvalue weighted by Gasteiger charge is 2.14. The highest BCUT2D eigenvalue weighted by Crippen LogP contribution is 2.29. The summed E-state index contributed by atoms with van der Waals surface area (Å²) in [6, 6.07) is 26.5. The number of ether oxygens (including phenoxy) is 1. The first-order valence-corrected chi connectivity index (χ1v) is 9.28. The lowest BCUT2D eigenvalue weighted by Crippen LogP contribution is -2.20. The summed E-state index contributed by atoms with van der Waals surface area (Å²) in [5.41, 5.74) is 1.51. The Bertz CT molecular complexity index is 1110. The van der Waals surface area contributed by atoms with Crippen LogP contribution in [0.2, 0.25) is 0 Å². The first kappa shape index (κ1) is 18.4. The van der Waals surface area contributed by atoms with Gasteiger partial charge in [-0.25, -0.2) is 9.67 Å². The number of para-hydroxylation sites is 3. The number of aromatic nitrogens is 3. The Hall–Kier alpha value is -3.93. The molecule has 0 atom stereocenters. The third-order valence-corrected chi connectivity index (χ3v) is 4.24. The van der Waals surface area contributed by atoms with Gasteiger partial charge in [0.15, 0.2) is 11.6 Å². The molecule has 0 fully saturated rings. The number of hydrogen-bond donors (Lipinski definition) is 1. The largest absolute Gasteiger partial charge is 0.455 e. The molecule has 0 aliphatic carbocycles. The number of anilines is 1. The number of hydrogen-bond acceptors (Lipinski definition) is 4. The molecule has 1 amide bonds. The van der Waals surface area contributed by atoms with Crippen LogP contribution in [-0.4, -0.2) is 20.7 Å². The van der Waals surface area contributed by atoms with Crippen LogP contribution >= 0.6 is 0 Å². The van der Waals surface area contributed by atoms with Crippen molar-refractivity contribution in [3.05, 3.63) is 90.8 Å². The highest BCUT2D eigenvalue weighted by molar-refractivity contribution is 5.92. The van der Waals surface area contributed by atoms with Gasteiger partial charge in [0.25, 0.3) is 0 Å². The molecule has 0 saturated carbocycles. The standard InChI is InChI=1S/C23H20N4O2/c1-17-24-23(18-10-4-2-5-11-18)27(26-17)16-22(28)25-20-14-8-9-15-21(20)29-19-12-6-3-7-13-19/h2-15H,16H2,1H3,(H,25,28). The monoisotopic (exact) mass is 384 g/mol. The summed E-state index contributed by atoms with van der Waals surface area (Å²) in [5, 5.41) is 7.29. The van der Waals surface area contributed by atoms with Gasteiger partial charge in [-0.2, -0.15) is 5.10 Å². The van der Waals surface area contributed by atoms with Crippen LogP contribution in [0.4, 0.5) is 5.69 Å². The number of nitrogens with zero attached hydrogens (tertiary/aromatic N) is 3. The average Bonchev–Trinajstić information content (AvgIpc) is 3.11. The van der Waals surface area contributed by atoms with Gasteiger partial charge in [0.05, 0.1) is 5.69 Å². The van der Waals surface area contributed by atoms with Gasteiger partial charge in [-0.05, 0) is 31.2 Å². The maximum atomic E-state index is 12.7. The Morgan fingerprint density at radius 3 is 2.34 bits per heavy atom. The molecule has 6 nitrogen and oxygen atoms in total. The number of amides is 1. The van der Waals surface area contributed by atoms with E-state index in [0.717, 1.165) is 5.56 Å². The number of nitrogens with one attached hydrogen (secondary N) is 1. The number of rotatable bonds is 6. The van der Waals surface area contributed by atoms with Crippen molar-refractivity contribution >= 4 is 11.6 Å². The quantitative estimate of drug-likeness (QED) is 0.524. The van der Waals surface area contributed by atoms with E-state index in [2.05, 4.69) is 15.4 Å². The van der Waals surface area contributed by atoms with E-state index in [1.165, 1.54) is 0 Å². The molecule has 1 aromatic heterocycles. The molecule has 4 rings (SSSR count). The SMILES string of the molecule is Cc1nc(-c2ccccc2)n(CC(=O)Nc2ccccc2Oc2ccccc2)n1. The number of benzene rings is 3. The van der Waals surface area contributed by atoms with Crippen LogP contribution in [0.1, 0.15) is 5.82 Å². The molecule has 144 valence electrons. The normalized spacial score (nSPS) is 10.5. The number of carbonyl (C=O) groups excluding carboxylic acids is 1. The van der Waals surface area contributed by atoms with Gasteiger partial charge in [0, 0.05) is 5.56 Å². The molecular formula is C23H20N4O2. The molecule has 0 aliphatic rings. The van der Waals surface area contributed by atoms with Gasteiger partial charge in [-0.1, -0.05) is 60.7 Å². The summed E-state index contributed by atoms with van der Waals surface area (Å²) in [6.07, 6.45) is 0. The number of aryl methyl sites for hydroxylation is 1. The molecule has 0 spiro atoms. The average molecular weight is 384 g/mol. The van der Waals surface area contributed by atoms with Gasteiger partial charge in [0.1, 0.15) is 18.1 Å². The lowest BCUT2D eigenvalue weighted by Gasteiger charge is -2.12. The summed E-state index contributed by atoms with van der Waals surface area (Å²) < 4.78 is 7.52. The van der Waals surface area contributed by atoms with Crippen LogP contribution in [0.5, 0.6) is 11.5 Å². The van der Waals surface area contributed by atoms with E-state index in [9.17, 15) is 4.79 Å². The van der Waals surface area contributed by atoms with Crippen LogP contribution in [-0.2, 0) is 11.3 Å². The predicted octanol–water partition coefficient (Wildman–Crippen LogP) is 4.68. The highest BCUT2D eigenvalue weighted by atomic mass is 16.5. The maximum Gasteiger partial charge on any atom is 0.246 e. The third-order valence-electron chi connectivity index (χ3n) is 4.24. The summed E-state index contributed by atoms with van der Waals surface area (Å²) in [6.45, 7) is 1.86. The first-order chi connectivity index (χ1) is 14.2. The van der Waals surface area contributed by atoms with E-state index in [-0.39, 0.29) is 12.5 Å². The van der Waals surface area contributed by atoms with Gasteiger partial charge >= 0.3 is 0 Å². The molecule has 0 bridgehead atoms. The van der Waals surface area contributed by atoms with Crippen molar-refractivity contribution in [2.24, 2.45) is 0 Å². The summed E-state index contributed by atoms with van der Waals surface area (Å²) in [7, 11) is 0. The first-order valence-electron chi connectivity index (χ1n) is 9.28. The smallest absolute Gasteiger partial charge is 0.246 e. The fourth-order valence-corrected chi connectivity index (χ4v) is 2.97. The van der Waals surface area contributed by atoms with E-state index >= 15 is 0 Å². The third kappa shape index (κ3) is 4.50. The van der Waals surface area contributed by atoms with Crippen molar-refractivity contribution in [1.82, 2.24) is 14.8 Å². The maximum absolute atomic E-state index is 12.7. The minimum Gasteiger partial charge on any atom is -0.455 e. The molecule has 1 heterocycles. The predicted molar refractivity (Wildman–Crippen MR) is 112 cm³/mol. The molecule has 0 saturated heterocycles. The van der Waals surface area contributed by atoms with E-state index < -0.39 is 0 Å². The van der Waals surface area contributed by atoms with E-state index in [1.807, 2.05) is 85.8 Å². The van der Waals surface area contributed by atoms with Gasteiger partial charge in [0.2, 0.25) is 5.91 Å². The fraction of sp³-hybridized carbons (Fsp3) is 0.0870. The lowest BCUT2D eigenvalue weighted by molar-refractivity contribution is -0.116. The van der Waals surface area contributed by atoms with Crippen molar-refractivity contribution in [1.29, 1.82) is 0 Å². The molecule has 0 aliphatic heterocycles. The van der Waals surface area contributed by atoms with Gasteiger partial charge < -0.3 is 10.1 Å². The Kier molecular flexibility index (Phi) is 5.33. The fourth-order valence-electron chi connectivity index (χ4n) is 2.97. The molecule has 0 radical (unpaired) electrons. The Morgan fingerprint density at radius 2 is 1.59 bits per heavy atom. The van der Waals surface area contributed by atoms with Crippen molar-refractivity contribution < 1.29 is 9.53 Å². The summed E-state index contributed by atoms with van der Waals surface area (Å²) >= 11 is 0. The lowest BCUT2D eigenvalue weighted by atomic mass is 10.2. The minimum absolute atomic E-state index is 0.0464. The van der Waals surface area contributed by atoms with Crippen molar-refractivity contribution in [2.45, 2.75) is 13.5 Å². The summed E-state index contributed by atoms with van der Waals surface area (Å²) in [4.78, 5) is 17.2. The van der Waals surface area contributed by atoms with Crippen LogP contribution in [0.3, 0.4) is 0 Å². The van der Waals surface area contributed by atoms with Gasteiger partial charge in [-0.15, -0.1) is 0 Å². The zero-order valence-electron chi connectivity index (χ0n) is 15.9. The van der Waals surface area contributed by atoms with E-state index in [0.29, 0.717) is 28.8 Å². The minimum atomic E-state index is -0.212. The number of carbonyl (C=O) groups is 1. The van der Waals surface area contributed by atoms with Crippen molar-refractivity contribution in [3.63, 3.8) is 0 Å². The summed E-state index contributed by atoms with van der Waals surface area (Å²) in [5.74, 6) is 2.34. The second-order valence-corrected chi connectivity index (χ2v) is 6.47. The topological polar surface area (TPSA) is 69.0 Å². The molecule has 6 heteroatoms.